The molecule has 1 amide bonds. The van der Waals surface area contributed by atoms with Crippen LogP contribution in [0.5, 0.6) is 0 Å². The zero-order valence-corrected chi connectivity index (χ0v) is 19.7. The van der Waals surface area contributed by atoms with Crippen molar-refractivity contribution in [3.8, 4) is 11.3 Å². The second-order valence-electron chi connectivity index (χ2n) is 8.71. The molecule has 1 saturated carbocycles. The number of hydrogen-bond donors (Lipinski definition) is 3. The van der Waals surface area contributed by atoms with Gasteiger partial charge in [-0.25, -0.2) is 18.1 Å². The van der Waals surface area contributed by atoms with E-state index in [0.29, 0.717) is 31.4 Å². The molecule has 1 aromatic heterocycles. The van der Waals surface area contributed by atoms with Crippen LogP contribution in [0.15, 0.2) is 76.6 Å². The third-order valence-corrected chi connectivity index (χ3v) is 7.79. The van der Waals surface area contributed by atoms with Crippen LogP contribution in [-0.2, 0) is 14.8 Å². The number of hydrogen-bond acceptors (Lipinski definition) is 6. The van der Waals surface area contributed by atoms with Crippen molar-refractivity contribution in [2.24, 2.45) is 5.92 Å². The molecule has 2 aromatic carbocycles. The fourth-order valence-corrected chi connectivity index (χ4v) is 5.64. The minimum absolute atomic E-state index is 0.112. The van der Waals surface area contributed by atoms with Crippen molar-refractivity contribution in [3.05, 3.63) is 72.8 Å². The Kier molecular flexibility index (Phi) is 7.45. The molecule has 2 atom stereocenters. The van der Waals surface area contributed by atoms with Crippen LogP contribution >= 0.6 is 0 Å². The van der Waals surface area contributed by atoms with Crippen molar-refractivity contribution in [1.29, 1.82) is 0 Å². The van der Waals surface area contributed by atoms with E-state index < -0.39 is 22.2 Å². The molecule has 9 heteroatoms. The third kappa shape index (κ3) is 5.72. The first-order valence-electron chi connectivity index (χ1n) is 11.4. The molecule has 0 unspecified atom stereocenters. The maximum absolute atomic E-state index is 12.9. The number of aromatic nitrogens is 1. The quantitative estimate of drug-likeness (QED) is 0.451. The second kappa shape index (κ2) is 10.5. The van der Waals surface area contributed by atoms with Gasteiger partial charge in [-0.3, -0.25) is 4.79 Å². The van der Waals surface area contributed by atoms with E-state index in [1.165, 1.54) is 12.7 Å². The fourth-order valence-electron chi connectivity index (χ4n) is 4.33. The van der Waals surface area contributed by atoms with Crippen LogP contribution in [0.1, 0.15) is 44.2 Å². The topological polar surface area (TPSA) is 122 Å². The van der Waals surface area contributed by atoms with Crippen LogP contribution in [0.4, 0.5) is 0 Å². The molecule has 8 nitrogen and oxygen atoms in total. The molecule has 0 aliphatic heterocycles. The number of aliphatic hydroxyl groups is 1. The summed E-state index contributed by atoms with van der Waals surface area (Å²) in [5, 5.41) is 13.1. The van der Waals surface area contributed by atoms with Gasteiger partial charge in [0, 0.05) is 17.5 Å². The highest BCUT2D eigenvalue weighted by atomic mass is 32.2. The highest BCUT2D eigenvalue weighted by Crippen LogP contribution is 2.28. The largest absolute Gasteiger partial charge is 0.451 e. The van der Waals surface area contributed by atoms with Gasteiger partial charge in [-0.2, -0.15) is 0 Å². The summed E-state index contributed by atoms with van der Waals surface area (Å²) in [7, 11) is -3.68. The van der Waals surface area contributed by atoms with Gasteiger partial charge in [0.15, 0.2) is 6.39 Å². The van der Waals surface area contributed by atoms with Crippen LogP contribution in [0, 0.1) is 5.92 Å². The van der Waals surface area contributed by atoms with Gasteiger partial charge >= 0.3 is 0 Å². The Morgan fingerprint density at radius 3 is 2.32 bits per heavy atom. The number of rotatable bonds is 8. The molecule has 0 bridgehead atoms. The predicted molar refractivity (Wildman–Crippen MR) is 127 cm³/mol. The maximum atomic E-state index is 12.9. The lowest BCUT2D eigenvalue weighted by Crippen LogP contribution is -2.43. The lowest BCUT2D eigenvalue weighted by molar-refractivity contribution is -0.127. The molecule has 0 radical (unpaired) electrons. The van der Waals surface area contributed by atoms with Gasteiger partial charge in [-0.15, -0.1) is 0 Å². The molecule has 0 saturated heterocycles. The first kappa shape index (κ1) is 24.1. The van der Waals surface area contributed by atoms with E-state index in [-0.39, 0.29) is 22.8 Å². The number of nitrogens with one attached hydrogen (secondary N) is 2. The average Bonchev–Trinajstić information content (AvgIpc) is 3.38. The number of amides is 1. The smallest absolute Gasteiger partial charge is 0.240 e. The third-order valence-electron chi connectivity index (χ3n) is 6.25. The minimum Gasteiger partial charge on any atom is -0.451 e. The zero-order valence-electron chi connectivity index (χ0n) is 18.9. The van der Waals surface area contributed by atoms with E-state index in [0.717, 1.165) is 11.1 Å². The first-order chi connectivity index (χ1) is 16.3. The first-order valence-corrected chi connectivity index (χ1v) is 12.9. The van der Waals surface area contributed by atoms with E-state index >= 15 is 0 Å². The Hall–Kier alpha value is -3.01. The van der Waals surface area contributed by atoms with Crippen molar-refractivity contribution in [2.45, 2.75) is 55.7 Å². The molecule has 3 aromatic rings. The van der Waals surface area contributed by atoms with E-state index in [2.05, 4.69) is 15.0 Å². The van der Waals surface area contributed by atoms with Gasteiger partial charge in [-0.05, 0) is 50.3 Å². The summed E-state index contributed by atoms with van der Waals surface area (Å²) in [5.41, 5.74) is 2.26. The van der Waals surface area contributed by atoms with Crippen LogP contribution in [0.3, 0.4) is 0 Å². The Bertz CT molecular complexity index is 1170. The van der Waals surface area contributed by atoms with Crippen LogP contribution in [-0.4, -0.2) is 36.6 Å². The maximum Gasteiger partial charge on any atom is 0.240 e. The highest BCUT2D eigenvalue weighted by molar-refractivity contribution is 7.89. The Morgan fingerprint density at radius 1 is 1.06 bits per heavy atom. The summed E-state index contributed by atoms with van der Waals surface area (Å²) < 4.78 is 33.4. The van der Waals surface area contributed by atoms with Gasteiger partial charge in [-0.1, -0.05) is 42.5 Å². The lowest BCUT2D eigenvalue weighted by Gasteiger charge is -2.30. The summed E-state index contributed by atoms with van der Waals surface area (Å²) >= 11 is 0. The van der Waals surface area contributed by atoms with Gasteiger partial charge in [0.05, 0.1) is 17.0 Å². The average molecular weight is 484 g/mol. The summed E-state index contributed by atoms with van der Waals surface area (Å²) in [6.45, 7) is 1.65. The molecule has 3 N–H and O–H groups in total. The lowest BCUT2D eigenvalue weighted by atomic mass is 9.85. The van der Waals surface area contributed by atoms with E-state index in [4.69, 9.17) is 4.42 Å². The normalized spacial score (nSPS) is 20.4. The van der Waals surface area contributed by atoms with Gasteiger partial charge in [0.2, 0.25) is 15.9 Å². The van der Waals surface area contributed by atoms with Crippen molar-refractivity contribution in [1.82, 2.24) is 15.0 Å². The van der Waals surface area contributed by atoms with Crippen LogP contribution in [0.2, 0.25) is 0 Å². The predicted octanol–water partition coefficient (Wildman–Crippen LogP) is 3.42. The van der Waals surface area contributed by atoms with E-state index in [1.807, 2.05) is 30.3 Å². The Balaban J connectivity index is 1.32. The Morgan fingerprint density at radius 2 is 1.74 bits per heavy atom. The van der Waals surface area contributed by atoms with Crippen LogP contribution < -0.4 is 10.0 Å². The molecule has 0 spiro atoms. The number of carbonyl (C=O) groups excluding carboxylic acids is 1. The molecule has 1 heterocycles. The van der Waals surface area contributed by atoms with Crippen molar-refractivity contribution in [3.63, 3.8) is 0 Å². The molecule has 1 aliphatic rings. The SMILES string of the molecule is C[C@@H](O)[C@@H](NC(=O)[C@H]1CC[C@H](NS(=O)(=O)c2ccc(-c3cocn3)cc2)CC1)c1ccccc1. The molecule has 1 fully saturated rings. The number of sulfonamides is 1. The van der Waals surface area contributed by atoms with Crippen molar-refractivity contribution in [2.75, 3.05) is 0 Å². The second-order valence-corrected chi connectivity index (χ2v) is 10.4. The molecule has 180 valence electrons. The monoisotopic (exact) mass is 483 g/mol. The summed E-state index contributed by atoms with van der Waals surface area (Å²) in [5.74, 6) is -0.327. The molecular formula is C25H29N3O5S. The number of oxazole rings is 1. The van der Waals surface area contributed by atoms with Crippen LogP contribution in [0.25, 0.3) is 11.3 Å². The van der Waals surface area contributed by atoms with Gasteiger partial charge in [0.1, 0.15) is 12.0 Å². The molecule has 34 heavy (non-hydrogen) atoms. The summed E-state index contributed by atoms with van der Waals surface area (Å²) in [6, 6.07) is 15.2. The molecular weight excluding hydrogens is 454 g/mol. The standard InChI is InChI=1S/C25H29N3O5S/c1-17(29)24(19-5-3-2-4-6-19)27-25(30)20-7-11-21(12-8-20)28-34(31,32)22-13-9-18(10-14-22)23-15-33-16-26-23/h2-6,9-10,13-17,20-21,24,28-29H,7-8,11-12H2,1H3,(H,27,30)/t17-,20-,21-,24-/m1/s1. The van der Waals surface area contributed by atoms with Gasteiger partial charge < -0.3 is 14.8 Å². The van der Waals surface area contributed by atoms with Crippen molar-refractivity contribution < 1.29 is 22.7 Å². The van der Waals surface area contributed by atoms with E-state index in [1.54, 1.807) is 31.2 Å². The number of aliphatic hydroxyl groups excluding tert-OH is 1. The number of benzene rings is 2. The highest BCUT2D eigenvalue weighted by Gasteiger charge is 2.31. The van der Waals surface area contributed by atoms with E-state index in [9.17, 15) is 18.3 Å². The Labute approximate surface area is 199 Å². The van der Waals surface area contributed by atoms with Crippen molar-refractivity contribution >= 4 is 15.9 Å². The minimum atomic E-state index is -3.68. The fraction of sp³-hybridized carbons (Fsp3) is 0.360. The number of carbonyl (C=O) groups is 1. The summed E-state index contributed by atoms with van der Waals surface area (Å²) in [4.78, 5) is 17.1. The summed E-state index contributed by atoms with van der Waals surface area (Å²) in [6.07, 6.45) is 4.38. The molecule has 1 aliphatic carbocycles. The number of nitrogens with zero attached hydrogens (tertiary/aromatic N) is 1. The molecule has 4 rings (SSSR count). The van der Waals surface area contributed by atoms with Gasteiger partial charge in [0.25, 0.3) is 0 Å². The zero-order chi connectivity index (χ0) is 24.1.